The van der Waals surface area contributed by atoms with Crippen LogP contribution in [-0.4, -0.2) is 33.5 Å². The number of nitrogens with zero attached hydrogens (tertiary/aromatic N) is 3. The third kappa shape index (κ3) is 4.26. The number of hydrogen-bond acceptors (Lipinski definition) is 6. The summed E-state index contributed by atoms with van der Waals surface area (Å²) >= 11 is 0. The van der Waals surface area contributed by atoms with Gasteiger partial charge in [0.05, 0.1) is 22.6 Å². The number of anilines is 2. The molecular formula is C27H24N4O4. The van der Waals surface area contributed by atoms with Crippen LogP contribution in [0.15, 0.2) is 70.9 Å². The fraction of sp³-hybridized carbons (Fsp3) is 0.185. The van der Waals surface area contributed by atoms with Crippen LogP contribution in [0.4, 0.5) is 11.4 Å². The number of para-hydroxylation sites is 1. The van der Waals surface area contributed by atoms with Gasteiger partial charge in [-0.1, -0.05) is 30.3 Å². The van der Waals surface area contributed by atoms with Crippen LogP contribution in [-0.2, 0) is 17.6 Å². The van der Waals surface area contributed by atoms with Crippen molar-refractivity contribution in [3.63, 3.8) is 0 Å². The molecule has 0 unspecified atom stereocenters. The number of aromatic carboxylic acids is 1. The number of nitrogens with one attached hydrogen (secondary N) is 1. The third-order valence-corrected chi connectivity index (χ3v) is 6.31. The number of hydrogen-bond donors (Lipinski definition) is 3. The molecule has 176 valence electrons. The minimum Gasteiger partial charge on any atom is -0.505 e. The van der Waals surface area contributed by atoms with Crippen LogP contribution in [0.25, 0.3) is 11.1 Å². The normalized spacial score (nSPS) is 16.3. The first-order valence-electron chi connectivity index (χ1n) is 11.4. The quantitative estimate of drug-likeness (QED) is 0.367. The van der Waals surface area contributed by atoms with E-state index in [0.717, 1.165) is 19.3 Å². The molecular weight excluding hydrogens is 444 g/mol. The van der Waals surface area contributed by atoms with Gasteiger partial charge >= 0.3 is 11.9 Å². The van der Waals surface area contributed by atoms with Crippen molar-refractivity contribution in [1.29, 1.82) is 0 Å². The zero-order chi connectivity index (χ0) is 24.5. The van der Waals surface area contributed by atoms with E-state index in [9.17, 15) is 19.8 Å². The minimum absolute atomic E-state index is 0.106. The molecule has 0 saturated heterocycles. The predicted octanol–water partition coefficient (Wildman–Crippen LogP) is 4.83. The Labute approximate surface area is 202 Å². The zero-order valence-electron chi connectivity index (χ0n) is 19.2. The molecule has 1 aliphatic heterocycles. The second-order valence-corrected chi connectivity index (χ2v) is 8.62. The summed E-state index contributed by atoms with van der Waals surface area (Å²) in [6.07, 6.45) is 4.40. The Morgan fingerprint density at radius 2 is 1.80 bits per heavy atom. The van der Waals surface area contributed by atoms with Crippen molar-refractivity contribution >= 4 is 34.7 Å². The van der Waals surface area contributed by atoms with Crippen LogP contribution in [0.5, 0.6) is 5.75 Å². The number of hydrazone groups is 2. The molecule has 0 spiro atoms. The van der Waals surface area contributed by atoms with E-state index in [1.165, 1.54) is 34.7 Å². The van der Waals surface area contributed by atoms with Crippen molar-refractivity contribution in [2.45, 2.75) is 32.6 Å². The molecule has 0 atom stereocenters. The van der Waals surface area contributed by atoms with E-state index in [1.54, 1.807) is 37.3 Å². The number of aryl methyl sites for hydroxylation is 2. The minimum atomic E-state index is -1.05. The number of amides is 1. The largest absolute Gasteiger partial charge is 0.505 e. The Bertz CT molecular complexity index is 1410. The number of carboxylic acids is 1. The van der Waals surface area contributed by atoms with Crippen molar-refractivity contribution in [2.75, 3.05) is 10.4 Å². The molecule has 0 radical (unpaired) electrons. The van der Waals surface area contributed by atoms with E-state index >= 15 is 0 Å². The Kier molecular flexibility index (Phi) is 5.78. The lowest BCUT2D eigenvalue weighted by atomic mass is 9.91. The van der Waals surface area contributed by atoms with Gasteiger partial charge in [-0.05, 0) is 79.6 Å². The highest BCUT2D eigenvalue weighted by Gasteiger charge is 2.31. The molecule has 3 aromatic rings. The summed E-state index contributed by atoms with van der Waals surface area (Å²) in [7, 11) is 0. The Hall–Kier alpha value is -4.46. The number of fused-ring (bicyclic) bond motifs is 1. The molecule has 1 heterocycles. The highest BCUT2D eigenvalue weighted by Crippen LogP contribution is 2.36. The number of phenolic OH excluding ortho intramolecular Hbond substituents is 1. The van der Waals surface area contributed by atoms with Gasteiger partial charge in [0, 0.05) is 5.56 Å². The van der Waals surface area contributed by atoms with Gasteiger partial charge in [0.15, 0.2) is 5.71 Å². The van der Waals surface area contributed by atoms with Gasteiger partial charge in [0.25, 0.3) is 0 Å². The maximum atomic E-state index is 13.1. The summed E-state index contributed by atoms with van der Waals surface area (Å²) in [5.74, 6) is -1.51. The molecule has 0 bridgehead atoms. The molecule has 2 aliphatic rings. The Morgan fingerprint density at radius 1 is 1.03 bits per heavy atom. The summed E-state index contributed by atoms with van der Waals surface area (Å²) in [5, 5.41) is 30.1. The van der Waals surface area contributed by atoms with E-state index in [-0.39, 0.29) is 28.6 Å². The zero-order valence-corrected chi connectivity index (χ0v) is 19.2. The van der Waals surface area contributed by atoms with Crippen LogP contribution in [0.2, 0.25) is 0 Å². The predicted molar refractivity (Wildman–Crippen MR) is 135 cm³/mol. The van der Waals surface area contributed by atoms with Gasteiger partial charge < -0.3 is 10.2 Å². The molecule has 1 aliphatic carbocycles. The van der Waals surface area contributed by atoms with E-state index in [1.807, 2.05) is 12.1 Å². The topological polar surface area (TPSA) is 115 Å². The smallest absolute Gasteiger partial charge is 0.335 e. The van der Waals surface area contributed by atoms with Gasteiger partial charge in [-0.2, -0.15) is 15.2 Å². The van der Waals surface area contributed by atoms with Gasteiger partial charge in [0.2, 0.25) is 0 Å². The van der Waals surface area contributed by atoms with Gasteiger partial charge in [-0.25, -0.2) is 4.79 Å². The molecule has 5 rings (SSSR count). The molecule has 3 aromatic carbocycles. The molecule has 3 N–H and O–H groups in total. The number of phenols is 1. The maximum absolute atomic E-state index is 13.1. The van der Waals surface area contributed by atoms with Crippen molar-refractivity contribution in [3.8, 4) is 16.9 Å². The SMILES string of the molecule is CC1=NN(c2ccc3c(c2)CCCC3)C(=O)/C1=N\Nc1cccc(-c2cccc(C(=O)O)c2)c1O. The highest BCUT2D eigenvalue weighted by atomic mass is 16.4. The van der Waals surface area contributed by atoms with Gasteiger partial charge in [-0.15, -0.1) is 0 Å². The number of benzene rings is 3. The first kappa shape index (κ1) is 22.3. The fourth-order valence-electron chi connectivity index (χ4n) is 4.46. The number of carbonyl (C=O) groups excluding carboxylic acids is 1. The lowest BCUT2D eigenvalue weighted by Crippen LogP contribution is -2.28. The summed E-state index contributed by atoms with van der Waals surface area (Å²) in [5.41, 5.74) is 8.08. The first-order chi connectivity index (χ1) is 16.9. The molecule has 0 saturated carbocycles. The van der Waals surface area contributed by atoms with Crippen LogP contribution in [0.3, 0.4) is 0 Å². The third-order valence-electron chi connectivity index (χ3n) is 6.31. The molecule has 1 amide bonds. The van der Waals surface area contributed by atoms with E-state index in [0.29, 0.717) is 22.5 Å². The highest BCUT2D eigenvalue weighted by molar-refractivity contribution is 6.71. The van der Waals surface area contributed by atoms with Crippen molar-refractivity contribution < 1.29 is 19.8 Å². The molecule has 0 aromatic heterocycles. The van der Waals surface area contributed by atoms with Crippen molar-refractivity contribution in [3.05, 3.63) is 77.4 Å². The average molecular weight is 469 g/mol. The number of carboxylic acid groups (broad SMARTS) is 1. The van der Waals surface area contributed by atoms with Crippen LogP contribution in [0, 0.1) is 0 Å². The second kappa shape index (κ2) is 9.06. The monoisotopic (exact) mass is 468 g/mol. The van der Waals surface area contributed by atoms with E-state index in [4.69, 9.17) is 0 Å². The van der Waals surface area contributed by atoms with Gasteiger partial charge in [-0.3, -0.25) is 10.2 Å². The molecule has 8 nitrogen and oxygen atoms in total. The average Bonchev–Trinajstić information content (AvgIpc) is 3.16. The summed E-state index contributed by atoms with van der Waals surface area (Å²) in [6, 6.07) is 17.3. The fourth-order valence-corrected chi connectivity index (χ4v) is 4.46. The second-order valence-electron chi connectivity index (χ2n) is 8.62. The summed E-state index contributed by atoms with van der Waals surface area (Å²) in [4.78, 5) is 24.4. The lowest BCUT2D eigenvalue weighted by molar-refractivity contribution is -0.112. The number of carbonyl (C=O) groups is 2. The number of aromatic hydroxyl groups is 1. The standard InChI is InChI=1S/C27H24N4O4/c1-16-24(26(33)31(30-16)21-13-12-17-6-2-3-7-18(17)15-21)29-28-23-11-5-10-22(25(23)32)19-8-4-9-20(14-19)27(34)35/h4-5,8-15,28,32H,2-3,6-7H2,1H3,(H,34,35)/b29-24-. The lowest BCUT2D eigenvalue weighted by Gasteiger charge is -2.19. The molecule has 0 fully saturated rings. The summed E-state index contributed by atoms with van der Waals surface area (Å²) in [6.45, 7) is 1.71. The Balaban J connectivity index is 1.39. The van der Waals surface area contributed by atoms with Crippen LogP contribution < -0.4 is 10.4 Å². The molecule has 35 heavy (non-hydrogen) atoms. The van der Waals surface area contributed by atoms with Crippen molar-refractivity contribution in [1.82, 2.24) is 0 Å². The van der Waals surface area contributed by atoms with Crippen LogP contribution in [0.1, 0.15) is 41.3 Å². The maximum Gasteiger partial charge on any atom is 0.335 e. The Morgan fingerprint density at radius 3 is 2.60 bits per heavy atom. The van der Waals surface area contributed by atoms with E-state index < -0.39 is 5.97 Å². The summed E-state index contributed by atoms with van der Waals surface area (Å²) < 4.78 is 0. The molecule has 8 heteroatoms. The van der Waals surface area contributed by atoms with Crippen LogP contribution >= 0.6 is 0 Å². The van der Waals surface area contributed by atoms with Crippen molar-refractivity contribution in [2.24, 2.45) is 10.2 Å². The van der Waals surface area contributed by atoms with E-state index in [2.05, 4.69) is 21.7 Å². The first-order valence-corrected chi connectivity index (χ1v) is 11.4. The van der Waals surface area contributed by atoms with Gasteiger partial charge in [0.1, 0.15) is 5.75 Å². The number of rotatable bonds is 5.